The van der Waals surface area contributed by atoms with Gasteiger partial charge in [0.1, 0.15) is 0 Å². The van der Waals surface area contributed by atoms with Crippen molar-refractivity contribution in [2.24, 2.45) is 0 Å². The van der Waals surface area contributed by atoms with Gasteiger partial charge in [0.2, 0.25) is 5.91 Å². The number of hydrogen-bond donors (Lipinski definition) is 2. The lowest BCUT2D eigenvalue weighted by Gasteiger charge is -2.13. The third-order valence-corrected chi connectivity index (χ3v) is 5.63. The van der Waals surface area contributed by atoms with E-state index >= 15 is 0 Å². The van der Waals surface area contributed by atoms with E-state index in [2.05, 4.69) is 10.3 Å². The summed E-state index contributed by atoms with van der Waals surface area (Å²) in [6.07, 6.45) is 0.732. The first-order chi connectivity index (χ1) is 11.2. The van der Waals surface area contributed by atoms with Gasteiger partial charge in [-0.15, -0.1) is 11.8 Å². The van der Waals surface area contributed by atoms with E-state index in [9.17, 15) is 4.79 Å². The lowest BCUT2D eigenvalue weighted by atomic mass is 10.3. The van der Waals surface area contributed by atoms with Crippen molar-refractivity contribution < 1.29 is 4.79 Å². The number of rotatable bonds is 5. The SMILES string of the molecule is CCC(Sc1cccc(N)c1)C(=O)Nc1nc2ccccc2s1. The average Bonchev–Trinajstić information content (AvgIpc) is 2.94. The van der Waals surface area contributed by atoms with Gasteiger partial charge in [0.15, 0.2) is 5.13 Å². The highest BCUT2D eigenvalue weighted by Crippen LogP contribution is 2.29. The minimum absolute atomic E-state index is 0.0287. The van der Waals surface area contributed by atoms with Gasteiger partial charge in [-0.1, -0.05) is 36.5 Å². The molecule has 118 valence electrons. The molecule has 1 unspecified atom stereocenters. The minimum atomic E-state index is -0.177. The fourth-order valence-corrected chi connectivity index (χ4v) is 4.08. The summed E-state index contributed by atoms with van der Waals surface area (Å²) in [4.78, 5) is 18.0. The fraction of sp³-hybridized carbons (Fsp3) is 0.176. The molecule has 1 heterocycles. The molecule has 4 nitrogen and oxygen atoms in total. The van der Waals surface area contributed by atoms with Crippen LogP contribution in [0.4, 0.5) is 10.8 Å². The third-order valence-electron chi connectivity index (χ3n) is 3.32. The monoisotopic (exact) mass is 343 g/mol. The van der Waals surface area contributed by atoms with E-state index in [-0.39, 0.29) is 11.2 Å². The fourth-order valence-electron chi connectivity index (χ4n) is 2.19. The van der Waals surface area contributed by atoms with Gasteiger partial charge in [-0.3, -0.25) is 4.79 Å². The van der Waals surface area contributed by atoms with Crippen molar-refractivity contribution in [3.63, 3.8) is 0 Å². The van der Waals surface area contributed by atoms with E-state index < -0.39 is 0 Å². The number of nitrogens with one attached hydrogen (secondary N) is 1. The molecule has 3 aromatic rings. The quantitative estimate of drug-likeness (QED) is 0.532. The van der Waals surface area contributed by atoms with Crippen LogP contribution in [0.25, 0.3) is 10.2 Å². The van der Waals surface area contributed by atoms with E-state index in [0.717, 1.165) is 21.5 Å². The van der Waals surface area contributed by atoms with Crippen LogP contribution >= 0.6 is 23.1 Å². The number of anilines is 2. The molecular weight excluding hydrogens is 326 g/mol. The molecule has 0 radical (unpaired) electrons. The maximum absolute atomic E-state index is 12.5. The number of carbonyl (C=O) groups excluding carboxylic acids is 1. The van der Waals surface area contributed by atoms with Gasteiger partial charge in [0.25, 0.3) is 0 Å². The lowest BCUT2D eigenvalue weighted by Crippen LogP contribution is -2.24. The Morgan fingerprint density at radius 2 is 2.13 bits per heavy atom. The molecule has 1 aromatic heterocycles. The van der Waals surface area contributed by atoms with Crippen LogP contribution < -0.4 is 11.1 Å². The number of thioether (sulfide) groups is 1. The topological polar surface area (TPSA) is 68.0 Å². The van der Waals surface area contributed by atoms with Crippen LogP contribution in [0.3, 0.4) is 0 Å². The summed E-state index contributed by atoms with van der Waals surface area (Å²) in [5.74, 6) is -0.0287. The second kappa shape index (κ2) is 7.02. The second-order valence-electron chi connectivity index (χ2n) is 5.06. The van der Waals surface area contributed by atoms with Crippen LogP contribution in [0, 0.1) is 0 Å². The van der Waals surface area contributed by atoms with Crippen molar-refractivity contribution >= 4 is 50.0 Å². The van der Waals surface area contributed by atoms with E-state index in [1.807, 2.05) is 55.5 Å². The molecule has 1 atom stereocenters. The number of para-hydroxylation sites is 1. The van der Waals surface area contributed by atoms with Crippen molar-refractivity contribution in [3.8, 4) is 0 Å². The largest absolute Gasteiger partial charge is 0.399 e. The molecule has 0 aliphatic heterocycles. The summed E-state index contributed by atoms with van der Waals surface area (Å²) in [6.45, 7) is 2.00. The summed E-state index contributed by atoms with van der Waals surface area (Å²) in [7, 11) is 0. The standard InChI is InChI=1S/C17H17N3OS2/c1-2-14(22-12-7-5-6-11(18)10-12)16(21)20-17-19-13-8-3-4-9-15(13)23-17/h3-10,14H,2,18H2,1H3,(H,19,20,21). The van der Waals surface area contributed by atoms with Crippen molar-refractivity contribution in [1.29, 1.82) is 0 Å². The smallest absolute Gasteiger partial charge is 0.239 e. The second-order valence-corrected chi connectivity index (χ2v) is 7.37. The van der Waals surface area contributed by atoms with Crippen LogP contribution in [0.2, 0.25) is 0 Å². The Balaban J connectivity index is 1.72. The Morgan fingerprint density at radius 3 is 2.87 bits per heavy atom. The zero-order valence-electron chi connectivity index (χ0n) is 12.7. The molecule has 0 saturated carbocycles. The highest BCUT2D eigenvalue weighted by atomic mass is 32.2. The minimum Gasteiger partial charge on any atom is -0.399 e. The maximum Gasteiger partial charge on any atom is 0.239 e. The highest BCUT2D eigenvalue weighted by Gasteiger charge is 2.19. The van der Waals surface area contributed by atoms with E-state index in [1.165, 1.54) is 23.1 Å². The first-order valence-corrected chi connectivity index (χ1v) is 9.04. The number of hydrogen-bond acceptors (Lipinski definition) is 5. The first-order valence-electron chi connectivity index (χ1n) is 7.34. The zero-order valence-corrected chi connectivity index (χ0v) is 14.3. The molecule has 1 amide bonds. The van der Waals surface area contributed by atoms with Crippen LogP contribution in [0.5, 0.6) is 0 Å². The van der Waals surface area contributed by atoms with Crippen LogP contribution in [0.15, 0.2) is 53.4 Å². The van der Waals surface area contributed by atoms with Crippen LogP contribution in [-0.2, 0) is 4.79 Å². The normalized spacial score (nSPS) is 12.2. The number of carbonyl (C=O) groups is 1. The molecule has 0 aliphatic carbocycles. The van der Waals surface area contributed by atoms with Crippen molar-refractivity contribution in [3.05, 3.63) is 48.5 Å². The van der Waals surface area contributed by atoms with Gasteiger partial charge >= 0.3 is 0 Å². The van der Waals surface area contributed by atoms with Gasteiger partial charge in [-0.25, -0.2) is 4.98 Å². The van der Waals surface area contributed by atoms with Gasteiger partial charge in [-0.05, 0) is 36.8 Å². The maximum atomic E-state index is 12.5. The van der Waals surface area contributed by atoms with Gasteiger partial charge in [0, 0.05) is 10.6 Å². The van der Waals surface area contributed by atoms with Gasteiger partial charge in [0.05, 0.1) is 15.5 Å². The Bertz CT molecular complexity index is 798. The van der Waals surface area contributed by atoms with Crippen LogP contribution in [-0.4, -0.2) is 16.1 Å². The molecule has 0 aliphatic rings. The lowest BCUT2D eigenvalue weighted by molar-refractivity contribution is -0.115. The highest BCUT2D eigenvalue weighted by molar-refractivity contribution is 8.00. The summed E-state index contributed by atoms with van der Waals surface area (Å²) in [5, 5.41) is 3.40. The number of amides is 1. The third kappa shape index (κ3) is 3.83. The molecular formula is C17H17N3OS2. The summed E-state index contributed by atoms with van der Waals surface area (Å²) < 4.78 is 1.07. The Labute approximate surface area is 143 Å². The molecule has 3 rings (SSSR count). The zero-order chi connectivity index (χ0) is 16.2. The Kier molecular flexibility index (Phi) is 4.83. The number of nitrogen functional groups attached to an aromatic ring is 1. The number of aromatic nitrogens is 1. The Hall–Kier alpha value is -2.05. The number of benzene rings is 2. The number of nitrogens with two attached hydrogens (primary N) is 1. The van der Waals surface area contributed by atoms with Crippen LogP contribution in [0.1, 0.15) is 13.3 Å². The molecule has 0 spiro atoms. The predicted octanol–water partition coefficient (Wildman–Crippen LogP) is 4.39. The number of nitrogens with zero attached hydrogens (tertiary/aromatic N) is 1. The Morgan fingerprint density at radius 1 is 1.30 bits per heavy atom. The van der Waals surface area contributed by atoms with Gasteiger partial charge < -0.3 is 11.1 Å². The van der Waals surface area contributed by atoms with Crippen molar-refractivity contribution in [1.82, 2.24) is 4.98 Å². The average molecular weight is 343 g/mol. The molecule has 3 N–H and O–H groups in total. The number of thiazole rings is 1. The molecule has 6 heteroatoms. The predicted molar refractivity (Wildman–Crippen MR) is 99.0 cm³/mol. The molecule has 2 aromatic carbocycles. The van der Waals surface area contributed by atoms with E-state index in [0.29, 0.717) is 10.8 Å². The molecule has 0 saturated heterocycles. The molecule has 0 fully saturated rings. The van der Waals surface area contributed by atoms with Crippen molar-refractivity contribution in [2.75, 3.05) is 11.1 Å². The molecule has 0 bridgehead atoms. The summed E-state index contributed by atoms with van der Waals surface area (Å²) in [5.41, 5.74) is 7.41. The molecule has 23 heavy (non-hydrogen) atoms. The summed E-state index contributed by atoms with van der Waals surface area (Å²) >= 11 is 3.01. The van der Waals surface area contributed by atoms with E-state index in [4.69, 9.17) is 5.73 Å². The first kappa shape index (κ1) is 15.8. The van der Waals surface area contributed by atoms with E-state index in [1.54, 1.807) is 0 Å². The van der Waals surface area contributed by atoms with Crippen molar-refractivity contribution in [2.45, 2.75) is 23.5 Å². The van der Waals surface area contributed by atoms with Gasteiger partial charge in [-0.2, -0.15) is 0 Å². The summed E-state index contributed by atoms with van der Waals surface area (Å²) in [6, 6.07) is 15.4. The number of fused-ring (bicyclic) bond motifs is 1.